The van der Waals surface area contributed by atoms with Crippen LogP contribution in [0.3, 0.4) is 0 Å². The molecule has 1 fully saturated rings. The summed E-state index contributed by atoms with van der Waals surface area (Å²) in [5, 5.41) is 5.66. The van der Waals surface area contributed by atoms with Crippen LogP contribution < -0.4 is 20.1 Å². The Labute approximate surface area is 184 Å². The van der Waals surface area contributed by atoms with Crippen LogP contribution in [0.25, 0.3) is 0 Å². The lowest BCUT2D eigenvalue weighted by atomic mass is 9.87. The van der Waals surface area contributed by atoms with Gasteiger partial charge in [-0.15, -0.1) is 0 Å². The van der Waals surface area contributed by atoms with Crippen LogP contribution in [0.4, 0.5) is 5.69 Å². The Morgan fingerprint density at radius 1 is 1.00 bits per heavy atom. The molecule has 8 nitrogen and oxygen atoms in total. The van der Waals surface area contributed by atoms with Crippen molar-refractivity contribution < 1.29 is 28.6 Å². The average molecular weight is 435 g/mol. The first kappa shape index (κ1) is 24.5. The summed E-state index contributed by atoms with van der Waals surface area (Å²) in [4.78, 5) is 37.5. The zero-order chi connectivity index (χ0) is 23.2. The number of amides is 2. The maximum absolute atomic E-state index is 12.8. The van der Waals surface area contributed by atoms with Gasteiger partial charge >= 0.3 is 5.97 Å². The molecule has 0 heterocycles. The standard InChI is InChI=1S/C23H34N2O6/c1-14-7-9-15(10-8-14)24-20(26)13-31-21(27)16-11-18(29-5)19(30-6)12-17(16)25-22(28)23(2,3)4/h11-12,14-15H,7-10,13H2,1-6H3,(H,24,26)(H,25,28). The van der Waals surface area contributed by atoms with Gasteiger partial charge in [0, 0.05) is 23.6 Å². The average Bonchev–Trinajstić information content (AvgIpc) is 2.72. The molecule has 0 atom stereocenters. The van der Waals surface area contributed by atoms with E-state index < -0.39 is 18.0 Å². The summed E-state index contributed by atoms with van der Waals surface area (Å²) >= 11 is 0. The fraction of sp³-hybridized carbons (Fsp3) is 0.609. The summed E-state index contributed by atoms with van der Waals surface area (Å²) in [5.41, 5.74) is -0.370. The van der Waals surface area contributed by atoms with Gasteiger partial charge in [0.2, 0.25) is 5.91 Å². The lowest BCUT2D eigenvalue weighted by molar-refractivity contribution is -0.125. The molecule has 8 heteroatoms. The summed E-state index contributed by atoms with van der Waals surface area (Å²) in [6.07, 6.45) is 4.01. The maximum Gasteiger partial charge on any atom is 0.340 e. The number of methoxy groups -OCH3 is 2. The fourth-order valence-corrected chi connectivity index (χ4v) is 3.34. The monoisotopic (exact) mass is 434 g/mol. The smallest absolute Gasteiger partial charge is 0.340 e. The third-order valence-electron chi connectivity index (χ3n) is 5.39. The van der Waals surface area contributed by atoms with Crippen LogP contribution in [-0.4, -0.2) is 44.7 Å². The Balaban J connectivity index is 2.11. The van der Waals surface area contributed by atoms with E-state index in [0.29, 0.717) is 17.4 Å². The number of ether oxygens (including phenoxy) is 3. The Bertz CT molecular complexity index is 807. The van der Waals surface area contributed by atoms with Crippen LogP contribution in [0.5, 0.6) is 11.5 Å². The van der Waals surface area contributed by atoms with Gasteiger partial charge in [0.05, 0.1) is 25.5 Å². The summed E-state index contributed by atoms with van der Waals surface area (Å²) in [7, 11) is 2.90. The highest BCUT2D eigenvalue weighted by Crippen LogP contribution is 2.34. The van der Waals surface area contributed by atoms with Crippen molar-refractivity contribution in [3.63, 3.8) is 0 Å². The van der Waals surface area contributed by atoms with E-state index >= 15 is 0 Å². The molecule has 2 rings (SSSR count). The highest BCUT2D eigenvalue weighted by atomic mass is 16.5. The summed E-state index contributed by atoms with van der Waals surface area (Å²) in [6, 6.07) is 3.05. The predicted octanol–water partition coefficient (Wildman–Crippen LogP) is 3.54. The van der Waals surface area contributed by atoms with Crippen LogP contribution in [0.15, 0.2) is 12.1 Å². The third-order valence-corrected chi connectivity index (χ3v) is 5.39. The number of anilines is 1. The van der Waals surface area contributed by atoms with Gasteiger partial charge in [0.15, 0.2) is 18.1 Å². The number of carbonyl (C=O) groups is 3. The molecule has 0 bridgehead atoms. The summed E-state index contributed by atoms with van der Waals surface area (Å²) in [6.45, 7) is 7.09. The molecule has 172 valence electrons. The van der Waals surface area contributed by atoms with Gasteiger partial charge in [0.25, 0.3) is 5.91 Å². The van der Waals surface area contributed by atoms with Crippen LogP contribution >= 0.6 is 0 Å². The molecule has 0 aromatic heterocycles. The largest absolute Gasteiger partial charge is 0.493 e. The molecule has 0 saturated heterocycles. The lowest BCUT2D eigenvalue weighted by Gasteiger charge is -2.26. The first-order valence-corrected chi connectivity index (χ1v) is 10.6. The second-order valence-corrected chi connectivity index (χ2v) is 9.06. The Kier molecular flexibility index (Phi) is 8.30. The molecule has 0 spiro atoms. The predicted molar refractivity (Wildman–Crippen MR) is 117 cm³/mol. The number of benzene rings is 1. The van der Waals surface area contributed by atoms with Crippen molar-refractivity contribution in [1.82, 2.24) is 5.32 Å². The van der Waals surface area contributed by atoms with E-state index in [1.807, 2.05) is 0 Å². The summed E-state index contributed by atoms with van der Waals surface area (Å²) < 4.78 is 15.8. The van der Waals surface area contributed by atoms with Gasteiger partial charge in [-0.1, -0.05) is 27.7 Å². The molecule has 1 aromatic rings. The molecular weight excluding hydrogens is 400 g/mol. The second-order valence-electron chi connectivity index (χ2n) is 9.06. The van der Waals surface area contributed by atoms with Crippen molar-refractivity contribution in [3.05, 3.63) is 17.7 Å². The molecule has 0 radical (unpaired) electrons. The molecule has 2 amide bonds. The molecule has 31 heavy (non-hydrogen) atoms. The van der Waals surface area contributed by atoms with Crippen LogP contribution in [0, 0.1) is 11.3 Å². The number of hydrogen-bond donors (Lipinski definition) is 2. The number of nitrogens with one attached hydrogen (secondary N) is 2. The first-order valence-electron chi connectivity index (χ1n) is 10.6. The lowest BCUT2D eigenvalue weighted by Crippen LogP contribution is -2.39. The van der Waals surface area contributed by atoms with E-state index in [1.165, 1.54) is 26.4 Å². The van der Waals surface area contributed by atoms with Gasteiger partial charge in [-0.25, -0.2) is 4.79 Å². The molecule has 2 N–H and O–H groups in total. The van der Waals surface area contributed by atoms with Crippen molar-refractivity contribution in [2.45, 2.75) is 59.4 Å². The Morgan fingerprint density at radius 3 is 2.13 bits per heavy atom. The van der Waals surface area contributed by atoms with Crippen molar-refractivity contribution in [3.8, 4) is 11.5 Å². The minimum absolute atomic E-state index is 0.0783. The normalized spacial score (nSPS) is 18.6. The quantitative estimate of drug-likeness (QED) is 0.637. The second kappa shape index (κ2) is 10.5. The van der Waals surface area contributed by atoms with E-state index in [0.717, 1.165) is 25.7 Å². The van der Waals surface area contributed by atoms with Gasteiger partial charge < -0.3 is 24.8 Å². The van der Waals surface area contributed by atoms with Gasteiger partial charge in [-0.3, -0.25) is 9.59 Å². The van der Waals surface area contributed by atoms with Crippen molar-refractivity contribution >= 4 is 23.5 Å². The van der Waals surface area contributed by atoms with Crippen LogP contribution in [-0.2, 0) is 14.3 Å². The molecule has 0 aliphatic heterocycles. The first-order chi connectivity index (χ1) is 14.5. The highest BCUT2D eigenvalue weighted by Gasteiger charge is 2.26. The number of rotatable bonds is 7. The van der Waals surface area contributed by atoms with E-state index in [-0.39, 0.29) is 29.1 Å². The van der Waals surface area contributed by atoms with E-state index in [1.54, 1.807) is 20.8 Å². The minimum Gasteiger partial charge on any atom is -0.493 e. The number of hydrogen-bond acceptors (Lipinski definition) is 6. The maximum atomic E-state index is 12.8. The van der Waals surface area contributed by atoms with Crippen molar-refractivity contribution in [1.29, 1.82) is 0 Å². The molecule has 1 saturated carbocycles. The van der Waals surface area contributed by atoms with E-state index in [9.17, 15) is 14.4 Å². The molecule has 1 aromatic carbocycles. The van der Waals surface area contributed by atoms with E-state index in [4.69, 9.17) is 14.2 Å². The molecular formula is C23H34N2O6. The zero-order valence-corrected chi connectivity index (χ0v) is 19.3. The van der Waals surface area contributed by atoms with Gasteiger partial charge in [0.1, 0.15) is 0 Å². The molecule has 1 aliphatic rings. The van der Waals surface area contributed by atoms with Crippen molar-refractivity contribution in [2.24, 2.45) is 11.3 Å². The Hall–Kier alpha value is -2.77. The van der Waals surface area contributed by atoms with Crippen molar-refractivity contribution in [2.75, 3.05) is 26.1 Å². The third kappa shape index (κ3) is 6.87. The number of esters is 1. The van der Waals surface area contributed by atoms with Crippen LogP contribution in [0.1, 0.15) is 63.7 Å². The highest BCUT2D eigenvalue weighted by molar-refractivity contribution is 6.03. The van der Waals surface area contributed by atoms with E-state index in [2.05, 4.69) is 17.6 Å². The fourth-order valence-electron chi connectivity index (χ4n) is 3.34. The topological polar surface area (TPSA) is 103 Å². The van der Waals surface area contributed by atoms with Crippen LogP contribution in [0.2, 0.25) is 0 Å². The summed E-state index contributed by atoms with van der Waals surface area (Å²) in [5.74, 6) is -0.0152. The molecule has 1 aliphatic carbocycles. The van der Waals surface area contributed by atoms with Gasteiger partial charge in [-0.2, -0.15) is 0 Å². The van der Waals surface area contributed by atoms with Gasteiger partial charge in [-0.05, 0) is 31.6 Å². The molecule has 0 unspecified atom stereocenters. The SMILES string of the molecule is COc1cc(NC(=O)C(C)(C)C)c(C(=O)OCC(=O)NC2CCC(C)CC2)cc1OC. The zero-order valence-electron chi connectivity index (χ0n) is 19.3. The Morgan fingerprint density at radius 2 is 1.58 bits per heavy atom. The minimum atomic E-state index is -0.738. The number of carbonyl (C=O) groups excluding carboxylic acids is 3.